The average molecular weight is 1990 g/mol. The molecule has 0 aliphatic carbocycles. The molecule has 2 N–H and O–H groups in total. The molecular formula is C86H120BBr6ClN3O15P. The molecule has 0 spiro atoms. The van der Waals surface area contributed by atoms with Crippen LogP contribution in [0.4, 0.5) is 14.4 Å². The van der Waals surface area contributed by atoms with Crippen LogP contribution in [0.2, 0.25) is 12.6 Å². The molecule has 27 heteroatoms. The van der Waals surface area contributed by atoms with Crippen LogP contribution in [0, 0.1) is 24.7 Å². The van der Waals surface area contributed by atoms with Gasteiger partial charge in [-0.3, -0.25) is 9.36 Å². The van der Waals surface area contributed by atoms with E-state index in [1.165, 1.54) is 35.1 Å². The van der Waals surface area contributed by atoms with Gasteiger partial charge in [-0.05, 0) is 327 Å². The molecule has 4 aliphatic rings. The molecule has 2 amide bonds. The summed E-state index contributed by atoms with van der Waals surface area (Å²) in [5.74, 6) is 6.44. The van der Waals surface area contributed by atoms with Crippen molar-refractivity contribution < 1.29 is 71.0 Å². The summed E-state index contributed by atoms with van der Waals surface area (Å²) in [7, 11) is 5.27. The number of benzene rings is 6. The van der Waals surface area contributed by atoms with Crippen LogP contribution in [0.3, 0.4) is 0 Å². The lowest BCUT2D eigenvalue weighted by atomic mass is 9.41. The molecule has 18 nitrogen and oxygen atoms in total. The quantitative estimate of drug-likeness (QED) is 0.0440. The molecule has 10 rings (SSSR count). The predicted octanol–water partition coefficient (Wildman–Crippen LogP) is 25.0. The van der Waals surface area contributed by atoms with Crippen molar-refractivity contribution in [2.24, 2.45) is 17.8 Å². The van der Waals surface area contributed by atoms with Crippen LogP contribution < -0.4 is 29.0 Å². The van der Waals surface area contributed by atoms with E-state index in [9.17, 15) is 24.1 Å². The zero-order valence-electron chi connectivity index (χ0n) is 69.0. The highest BCUT2D eigenvalue weighted by Gasteiger charge is 2.33. The van der Waals surface area contributed by atoms with E-state index in [1.807, 2.05) is 147 Å². The summed E-state index contributed by atoms with van der Waals surface area (Å²) in [4.78, 5) is 39.9. The van der Waals surface area contributed by atoms with Crippen LogP contribution in [0.1, 0.15) is 161 Å². The summed E-state index contributed by atoms with van der Waals surface area (Å²) in [5.41, 5.74) is 7.06. The number of aryl methyl sites for hydroxylation is 1. The zero-order chi connectivity index (χ0) is 82.9. The fourth-order valence-electron chi connectivity index (χ4n) is 13.0. The number of phenols is 1. The summed E-state index contributed by atoms with van der Waals surface area (Å²) in [6, 6.07) is 35.7. The third-order valence-corrected chi connectivity index (χ3v) is 23.0. The second kappa shape index (κ2) is 50.2. The van der Waals surface area contributed by atoms with Crippen molar-refractivity contribution in [2.45, 2.75) is 189 Å². The van der Waals surface area contributed by atoms with E-state index in [0.717, 1.165) is 182 Å². The Morgan fingerprint density at radius 1 is 0.478 bits per heavy atom. The van der Waals surface area contributed by atoms with Crippen LogP contribution >= 0.6 is 116 Å². The van der Waals surface area contributed by atoms with Gasteiger partial charge >= 0.3 is 19.8 Å². The largest absolute Gasteiger partial charge is 0.508 e. The normalized spacial score (nSPS) is 14.8. The molecule has 4 aliphatic heterocycles. The van der Waals surface area contributed by atoms with E-state index >= 15 is 0 Å². The Labute approximate surface area is 730 Å². The Kier molecular flexibility index (Phi) is 44.7. The first kappa shape index (κ1) is 101. The Bertz CT molecular complexity index is 3950. The summed E-state index contributed by atoms with van der Waals surface area (Å²) >= 11 is 20.7. The lowest BCUT2D eigenvalue weighted by Gasteiger charge is -2.33. The van der Waals surface area contributed by atoms with E-state index in [2.05, 4.69) is 137 Å². The van der Waals surface area contributed by atoms with Gasteiger partial charge < -0.3 is 67.2 Å². The number of phenolic OH excluding ortho intramolecular Hbond substituents is 1. The minimum absolute atomic E-state index is 0. The third-order valence-electron chi connectivity index (χ3n) is 18.2. The third kappa shape index (κ3) is 40.5. The van der Waals surface area contributed by atoms with Gasteiger partial charge in [-0.25, -0.2) is 9.59 Å². The minimum Gasteiger partial charge on any atom is -0.508 e. The molecule has 0 saturated carbocycles. The van der Waals surface area contributed by atoms with Gasteiger partial charge in [0.15, 0.2) is 0 Å². The maximum atomic E-state index is 12.4. The van der Waals surface area contributed by atoms with Crippen molar-refractivity contribution in [2.75, 3.05) is 88.0 Å². The second-order valence-corrected chi connectivity index (χ2v) is 38.8. The van der Waals surface area contributed by atoms with Gasteiger partial charge in [0.05, 0.1) is 54.9 Å². The number of carbonyl (C=O) groups excluding carboxylic acids is 3. The summed E-state index contributed by atoms with van der Waals surface area (Å²) in [6.45, 7) is 28.8. The molecule has 0 radical (unpaired) electrons. The average Bonchev–Trinajstić information content (AvgIpc) is 0.860. The summed E-state index contributed by atoms with van der Waals surface area (Å²) < 4.78 is 71.4. The SMILES string of the molecule is CC(C)(C)OC(=O)N1CCC(Cc2cc(O)cc(Br)c2)CC1.CCOP(=O)(Cc1cc(Br)cc(OC)c1)OCC.COc1cc(Br)cc(C=C2CCB(C(=O)OC(C)(C)C)CC2)c1.COc1cc(Br)cc(CC2CCN(C(=O)OC(C)(C)C)CC2)c1.COc1cc(Br)cc(CC2CCNCC2)c1.COc1cc(C)cc(Br)c1.Cl. The number of halogens is 7. The maximum Gasteiger partial charge on any atom is 0.410 e. The Hall–Kier alpha value is -4.79. The number of nitrogens with one attached hydrogen (secondary N) is 1. The Morgan fingerprint density at radius 2 is 0.823 bits per heavy atom. The second-order valence-electron chi connectivity index (χ2n) is 31.3. The molecular weight excluding hydrogens is 1870 g/mol. The molecule has 6 aromatic rings. The van der Waals surface area contributed by atoms with Crippen LogP contribution in [-0.2, 0) is 53.2 Å². The predicted molar refractivity (Wildman–Crippen MR) is 482 cm³/mol. The smallest absolute Gasteiger partial charge is 0.410 e. The molecule has 0 atom stereocenters. The number of rotatable bonds is 19. The number of allylic oxidation sites excluding steroid dienone is 1. The molecule has 0 aromatic heterocycles. The Morgan fingerprint density at radius 3 is 1.20 bits per heavy atom. The highest BCUT2D eigenvalue weighted by Crippen LogP contribution is 2.52. The van der Waals surface area contributed by atoms with Crippen LogP contribution in [0.15, 0.2) is 142 Å². The van der Waals surface area contributed by atoms with E-state index in [1.54, 1.807) is 60.4 Å². The number of aromatic hydroxyl groups is 1. The van der Waals surface area contributed by atoms with Crippen molar-refractivity contribution in [3.8, 4) is 34.5 Å². The van der Waals surface area contributed by atoms with E-state index < -0.39 is 24.4 Å². The molecule has 0 unspecified atom stereocenters. The number of amides is 2. The number of methoxy groups -OCH3 is 5. The monoisotopic (exact) mass is 1990 g/mol. The van der Waals surface area contributed by atoms with E-state index in [-0.39, 0.29) is 49.1 Å². The number of nitrogens with zero attached hydrogens (tertiary/aromatic N) is 2. The van der Waals surface area contributed by atoms with Crippen LogP contribution in [-0.4, -0.2) is 145 Å². The van der Waals surface area contributed by atoms with Gasteiger partial charge in [0, 0.05) is 53.0 Å². The van der Waals surface area contributed by atoms with Crippen molar-refractivity contribution >= 4 is 146 Å². The summed E-state index contributed by atoms with van der Waals surface area (Å²) in [6.07, 6.45) is 15.3. The Balaban J connectivity index is 0.000000290. The van der Waals surface area contributed by atoms with E-state index in [4.69, 9.17) is 46.9 Å². The first-order chi connectivity index (χ1) is 52.8. The van der Waals surface area contributed by atoms with Gasteiger partial charge in [0.2, 0.25) is 0 Å². The fraction of sp³-hybridized carbons (Fsp3) is 0.523. The molecule has 0 bridgehead atoms. The molecule has 6 aromatic carbocycles. The van der Waals surface area contributed by atoms with Gasteiger partial charge in [-0.15, -0.1) is 12.4 Å². The van der Waals surface area contributed by atoms with Crippen molar-refractivity contribution in [1.82, 2.24) is 15.1 Å². The van der Waals surface area contributed by atoms with Gasteiger partial charge in [-0.2, -0.15) is 0 Å². The van der Waals surface area contributed by atoms with Crippen molar-refractivity contribution in [1.29, 1.82) is 0 Å². The molecule has 113 heavy (non-hydrogen) atoms. The summed E-state index contributed by atoms with van der Waals surface area (Å²) in [5, 5.41) is 13.0. The first-order valence-electron chi connectivity index (χ1n) is 38.4. The number of hydrogen-bond donors (Lipinski definition) is 2. The van der Waals surface area contributed by atoms with Crippen molar-refractivity contribution in [3.63, 3.8) is 0 Å². The van der Waals surface area contributed by atoms with Crippen LogP contribution in [0.5, 0.6) is 34.5 Å². The molecule has 4 fully saturated rings. The highest BCUT2D eigenvalue weighted by molar-refractivity contribution is 9.11. The van der Waals surface area contributed by atoms with Gasteiger partial charge in [-0.1, -0.05) is 120 Å². The van der Waals surface area contributed by atoms with Gasteiger partial charge in [0.1, 0.15) is 51.3 Å². The zero-order valence-corrected chi connectivity index (χ0v) is 80.2. The van der Waals surface area contributed by atoms with Crippen LogP contribution in [0.25, 0.3) is 6.08 Å². The van der Waals surface area contributed by atoms with Gasteiger partial charge in [0.25, 0.3) is 12.6 Å². The van der Waals surface area contributed by atoms with E-state index in [0.29, 0.717) is 30.8 Å². The number of hydrogen-bond acceptors (Lipinski definition) is 16. The number of ether oxygens (including phenoxy) is 8. The minimum atomic E-state index is -3.07. The van der Waals surface area contributed by atoms with Crippen molar-refractivity contribution in [3.05, 3.63) is 175 Å². The number of piperidine rings is 3. The fourth-order valence-corrected chi connectivity index (χ4v) is 17.9. The highest BCUT2D eigenvalue weighted by atomic mass is 79.9. The molecule has 626 valence electrons. The number of likely N-dealkylation sites (tertiary alicyclic amines) is 2. The topological polar surface area (TPSA) is 199 Å². The first-order valence-corrected chi connectivity index (χ1v) is 44.9. The molecule has 4 saturated heterocycles. The lowest BCUT2D eigenvalue weighted by Crippen LogP contribution is -2.42. The lowest BCUT2D eigenvalue weighted by molar-refractivity contribution is 0.0173. The maximum absolute atomic E-state index is 12.4. The number of carbonyl (C=O) groups is 3. The molecule has 4 heterocycles. The standard InChI is InChI=1S/C18H24BBrO3.C18H26BrNO3.C17H24BrNO3.C13H18BrNO.C12H18BrO4P.C8H9BrO.ClH/c1-18(2,3)23-17(21)19-7-5-13(6-8-19)9-14-10-15(20)12-16(11-14)22-4;1-18(2,3)23-17(21)20-7-5-13(6-8-20)9-14-10-15(19)12-16(11-14)22-4;1-17(2,3)22-16(21)19-6-4-12(5-7-19)8-13-9-14(18)11-15(20)10-13;1-16-13-8-11(7-12(14)9-13)6-10-2-4-15-5-3-10;1-4-16-18(14,17-5-2)9-10-6-11(13)8-12(7-10)15-3;1-6-3-7(9)5-8(4-6)10-2;/h9-12H,5-8H2,1-4H3;10-13H,5-9H2,1-4H3;9-12,20H,4-8H2,1-3H3;7-10,15H,2-6H2,1H3;6-8H,4-5,9H2,1-3H3;3-5H,1-2H3;1H.